The molecular formula is C14H16N2O. The summed E-state index contributed by atoms with van der Waals surface area (Å²) in [4.78, 5) is 17.6. The van der Waals surface area contributed by atoms with Gasteiger partial charge in [0.15, 0.2) is 0 Å². The Hall–Kier alpha value is -1.64. The number of hydrogen-bond donors (Lipinski definition) is 0. The predicted octanol–water partition coefficient (Wildman–Crippen LogP) is 2.08. The summed E-state index contributed by atoms with van der Waals surface area (Å²) in [6.45, 7) is 2.30. The lowest BCUT2D eigenvalue weighted by atomic mass is 9.93. The molecule has 1 atom stereocenters. The Morgan fingerprint density at radius 2 is 1.94 bits per heavy atom. The van der Waals surface area contributed by atoms with Gasteiger partial charge in [-0.25, -0.2) is 4.99 Å². The first-order valence-corrected chi connectivity index (χ1v) is 6.28. The number of fused-ring (bicyclic) bond motifs is 1. The molecule has 0 aromatic heterocycles. The molecule has 3 aliphatic rings. The first-order chi connectivity index (χ1) is 8.33. The zero-order valence-electron chi connectivity index (χ0n) is 9.80. The van der Waals surface area contributed by atoms with Crippen molar-refractivity contribution in [1.82, 2.24) is 4.90 Å². The van der Waals surface area contributed by atoms with Crippen molar-refractivity contribution in [2.24, 2.45) is 10.9 Å². The summed E-state index contributed by atoms with van der Waals surface area (Å²) >= 11 is 0. The summed E-state index contributed by atoms with van der Waals surface area (Å²) in [6, 6.07) is 0. The molecule has 3 nitrogen and oxygen atoms in total. The standard InChI is InChI=1S/C14H16N2O/c17-14-7-4-11-10-12(5-6-13(11)15-14)16-8-2-1-3-9-16/h4-7,10-11H,1-3,8-9H2. The maximum Gasteiger partial charge on any atom is 0.269 e. The van der Waals surface area contributed by atoms with E-state index in [4.69, 9.17) is 0 Å². The molecule has 1 amide bonds. The van der Waals surface area contributed by atoms with Crippen LogP contribution >= 0.6 is 0 Å². The fourth-order valence-electron chi connectivity index (χ4n) is 2.59. The number of likely N-dealkylation sites (tertiary alicyclic amines) is 1. The molecule has 17 heavy (non-hydrogen) atoms. The molecule has 1 unspecified atom stereocenters. The van der Waals surface area contributed by atoms with Crippen LogP contribution in [0.1, 0.15) is 19.3 Å². The third-order valence-electron chi connectivity index (χ3n) is 3.52. The van der Waals surface area contributed by atoms with Gasteiger partial charge in [-0.2, -0.15) is 0 Å². The molecule has 1 aliphatic carbocycles. The third kappa shape index (κ3) is 2.09. The van der Waals surface area contributed by atoms with Gasteiger partial charge in [-0.05, 0) is 37.5 Å². The normalized spacial score (nSPS) is 27.6. The van der Waals surface area contributed by atoms with Crippen LogP contribution in [0.5, 0.6) is 0 Å². The van der Waals surface area contributed by atoms with E-state index in [0.29, 0.717) is 0 Å². The minimum atomic E-state index is -0.143. The van der Waals surface area contributed by atoms with Crippen LogP contribution in [0, 0.1) is 5.92 Å². The molecule has 3 rings (SSSR count). The molecule has 1 fully saturated rings. The maximum atomic E-state index is 11.2. The topological polar surface area (TPSA) is 32.7 Å². The minimum absolute atomic E-state index is 0.143. The van der Waals surface area contributed by atoms with Crippen molar-refractivity contribution in [2.45, 2.75) is 19.3 Å². The SMILES string of the molecule is O=C1C=CC2C=C(N3CCCCC3)C=CC2=N1. The Morgan fingerprint density at radius 1 is 1.12 bits per heavy atom. The van der Waals surface area contributed by atoms with Gasteiger partial charge in [0.05, 0.1) is 5.71 Å². The highest BCUT2D eigenvalue weighted by Crippen LogP contribution is 2.23. The summed E-state index contributed by atoms with van der Waals surface area (Å²) in [5.74, 6) is 0.0466. The lowest BCUT2D eigenvalue weighted by Gasteiger charge is -2.32. The molecule has 1 saturated heterocycles. The maximum absolute atomic E-state index is 11.2. The Morgan fingerprint density at radius 3 is 2.76 bits per heavy atom. The number of carbonyl (C=O) groups excluding carboxylic acids is 1. The number of piperidine rings is 1. The van der Waals surface area contributed by atoms with Crippen molar-refractivity contribution in [1.29, 1.82) is 0 Å². The highest BCUT2D eigenvalue weighted by molar-refractivity contribution is 6.11. The molecule has 0 N–H and O–H groups in total. The van der Waals surface area contributed by atoms with Gasteiger partial charge in [0.25, 0.3) is 5.91 Å². The zero-order chi connectivity index (χ0) is 11.7. The second-order valence-corrected chi connectivity index (χ2v) is 4.73. The van der Waals surface area contributed by atoms with Gasteiger partial charge in [-0.1, -0.05) is 6.08 Å². The first-order valence-electron chi connectivity index (χ1n) is 6.28. The van der Waals surface area contributed by atoms with Gasteiger partial charge in [0, 0.05) is 30.8 Å². The van der Waals surface area contributed by atoms with Gasteiger partial charge in [0.2, 0.25) is 0 Å². The van der Waals surface area contributed by atoms with Crippen molar-refractivity contribution in [3.05, 3.63) is 36.1 Å². The average molecular weight is 228 g/mol. The predicted molar refractivity (Wildman–Crippen MR) is 67.7 cm³/mol. The molecule has 0 bridgehead atoms. The van der Waals surface area contributed by atoms with Crippen molar-refractivity contribution in [2.75, 3.05) is 13.1 Å². The Kier molecular flexibility index (Phi) is 2.67. The van der Waals surface area contributed by atoms with Gasteiger partial charge in [-0.15, -0.1) is 0 Å². The summed E-state index contributed by atoms with van der Waals surface area (Å²) in [6.07, 6.45) is 13.7. The third-order valence-corrected chi connectivity index (χ3v) is 3.52. The largest absolute Gasteiger partial charge is 0.372 e. The number of rotatable bonds is 1. The van der Waals surface area contributed by atoms with E-state index in [1.165, 1.54) is 25.0 Å². The van der Waals surface area contributed by atoms with E-state index in [9.17, 15) is 4.79 Å². The molecule has 0 radical (unpaired) electrons. The van der Waals surface area contributed by atoms with E-state index < -0.39 is 0 Å². The first kappa shape index (κ1) is 10.5. The number of nitrogens with zero attached hydrogens (tertiary/aromatic N) is 2. The Labute approximate surface area is 101 Å². The van der Waals surface area contributed by atoms with E-state index in [0.717, 1.165) is 18.8 Å². The average Bonchev–Trinajstić information content (AvgIpc) is 2.39. The van der Waals surface area contributed by atoms with Crippen LogP contribution in [0.15, 0.2) is 41.1 Å². The second kappa shape index (κ2) is 4.32. The summed E-state index contributed by atoms with van der Waals surface area (Å²) in [5, 5.41) is 0. The summed E-state index contributed by atoms with van der Waals surface area (Å²) < 4.78 is 0. The minimum Gasteiger partial charge on any atom is -0.372 e. The molecule has 3 heteroatoms. The quantitative estimate of drug-likeness (QED) is 0.688. The number of hydrogen-bond acceptors (Lipinski definition) is 2. The lowest BCUT2D eigenvalue weighted by molar-refractivity contribution is -0.113. The number of carbonyl (C=O) groups is 1. The van der Waals surface area contributed by atoms with E-state index >= 15 is 0 Å². The Balaban J connectivity index is 1.81. The molecule has 88 valence electrons. The van der Waals surface area contributed by atoms with Crippen LogP contribution < -0.4 is 0 Å². The second-order valence-electron chi connectivity index (χ2n) is 4.73. The van der Waals surface area contributed by atoms with Crippen molar-refractivity contribution < 1.29 is 4.79 Å². The monoisotopic (exact) mass is 228 g/mol. The van der Waals surface area contributed by atoms with Gasteiger partial charge in [-0.3, -0.25) is 4.79 Å². The summed E-state index contributed by atoms with van der Waals surface area (Å²) in [5.41, 5.74) is 2.16. The highest BCUT2D eigenvalue weighted by Gasteiger charge is 2.21. The van der Waals surface area contributed by atoms with Crippen LogP contribution in [0.4, 0.5) is 0 Å². The number of dihydropyridines is 1. The van der Waals surface area contributed by atoms with Crippen molar-refractivity contribution in [3.63, 3.8) is 0 Å². The highest BCUT2D eigenvalue weighted by atomic mass is 16.1. The van der Waals surface area contributed by atoms with Gasteiger partial charge in [0.1, 0.15) is 0 Å². The molecule has 0 spiro atoms. The van der Waals surface area contributed by atoms with Crippen LogP contribution in [-0.2, 0) is 4.79 Å². The van der Waals surface area contributed by atoms with Crippen LogP contribution in [0.3, 0.4) is 0 Å². The fraction of sp³-hybridized carbons (Fsp3) is 0.429. The molecule has 0 saturated carbocycles. The van der Waals surface area contributed by atoms with Crippen LogP contribution in [0.2, 0.25) is 0 Å². The van der Waals surface area contributed by atoms with E-state index in [1.807, 2.05) is 12.2 Å². The van der Waals surface area contributed by atoms with E-state index in [1.54, 1.807) is 6.08 Å². The number of amides is 1. The van der Waals surface area contributed by atoms with Crippen LogP contribution in [-0.4, -0.2) is 29.6 Å². The lowest BCUT2D eigenvalue weighted by Crippen LogP contribution is -2.30. The number of aliphatic imine (C=N–C) groups is 1. The molecule has 2 aliphatic heterocycles. The molecule has 0 aromatic rings. The zero-order valence-corrected chi connectivity index (χ0v) is 9.80. The van der Waals surface area contributed by atoms with Crippen molar-refractivity contribution >= 4 is 11.6 Å². The smallest absolute Gasteiger partial charge is 0.269 e. The molecule has 2 heterocycles. The van der Waals surface area contributed by atoms with E-state index in [-0.39, 0.29) is 11.8 Å². The molecular weight excluding hydrogens is 212 g/mol. The molecule has 0 aromatic carbocycles. The summed E-state index contributed by atoms with van der Waals surface area (Å²) in [7, 11) is 0. The van der Waals surface area contributed by atoms with Crippen molar-refractivity contribution in [3.8, 4) is 0 Å². The van der Waals surface area contributed by atoms with Gasteiger partial charge < -0.3 is 4.90 Å². The van der Waals surface area contributed by atoms with E-state index in [2.05, 4.69) is 22.0 Å². The van der Waals surface area contributed by atoms with Gasteiger partial charge >= 0.3 is 0 Å². The van der Waals surface area contributed by atoms with Crippen LogP contribution in [0.25, 0.3) is 0 Å². The fourth-order valence-corrected chi connectivity index (χ4v) is 2.59. The Bertz CT molecular complexity index is 451. The number of allylic oxidation sites excluding steroid dienone is 4.